The first-order chi connectivity index (χ1) is 8.06. The number of hydrogen-bond donors (Lipinski definition) is 1. The van der Waals surface area contributed by atoms with Crippen molar-refractivity contribution in [2.45, 2.75) is 39.2 Å². The van der Waals surface area contributed by atoms with E-state index in [-0.39, 0.29) is 11.9 Å². The van der Waals surface area contributed by atoms with E-state index in [0.29, 0.717) is 12.1 Å². The van der Waals surface area contributed by atoms with Crippen molar-refractivity contribution in [2.24, 2.45) is 5.73 Å². The Morgan fingerprint density at radius 2 is 2.12 bits per heavy atom. The number of benzene rings is 1. The van der Waals surface area contributed by atoms with Crippen molar-refractivity contribution in [3.8, 4) is 0 Å². The van der Waals surface area contributed by atoms with Crippen LogP contribution in [-0.2, 0) is 6.42 Å². The molecule has 0 heterocycles. The molecule has 0 saturated heterocycles. The molecule has 0 fully saturated rings. The highest BCUT2D eigenvalue weighted by Crippen LogP contribution is 2.24. The van der Waals surface area contributed by atoms with Gasteiger partial charge in [-0.25, -0.2) is 4.39 Å². The van der Waals surface area contributed by atoms with Gasteiger partial charge in [0.2, 0.25) is 0 Å². The molecule has 3 heteroatoms. The molecule has 1 rings (SSSR count). The van der Waals surface area contributed by atoms with Gasteiger partial charge in [0.1, 0.15) is 5.82 Å². The molecular formula is C14H23FN2. The van der Waals surface area contributed by atoms with E-state index in [0.717, 1.165) is 24.9 Å². The highest BCUT2D eigenvalue weighted by atomic mass is 19.1. The van der Waals surface area contributed by atoms with Crippen molar-refractivity contribution in [1.82, 2.24) is 0 Å². The molecule has 0 aliphatic rings. The van der Waals surface area contributed by atoms with Gasteiger partial charge in [-0.3, -0.25) is 0 Å². The lowest BCUT2D eigenvalue weighted by Crippen LogP contribution is -2.24. The van der Waals surface area contributed by atoms with E-state index in [1.165, 1.54) is 6.07 Å². The monoisotopic (exact) mass is 238 g/mol. The molecule has 2 nitrogen and oxygen atoms in total. The molecule has 0 amide bonds. The number of unbranched alkanes of at least 4 members (excludes halogenated alkanes) is 1. The Morgan fingerprint density at radius 1 is 1.41 bits per heavy atom. The third kappa shape index (κ3) is 4.00. The minimum absolute atomic E-state index is 0.0510. The van der Waals surface area contributed by atoms with Crippen LogP contribution < -0.4 is 10.6 Å². The number of anilines is 1. The molecule has 0 saturated carbocycles. The number of nitrogens with two attached hydrogens (primary N) is 1. The normalized spacial score (nSPS) is 12.5. The van der Waals surface area contributed by atoms with Gasteiger partial charge in [-0.15, -0.1) is 0 Å². The second-order valence-electron chi connectivity index (χ2n) is 4.70. The van der Waals surface area contributed by atoms with Gasteiger partial charge in [-0.2, -0.15) is 0 Å². The maximum Gasteiger partial charge on any atom is 0.146 e. The zero-order chi connectivity index (χ0) is 12.8. The van der Waals surface area contributed by atoms with Gasteiger partial charge < -0.3 is 10.6 Å². The molecule has 0 bridgehead atoms. The van der Waals surface area contributed by atoms with Crippen LogP contribution in [0.15, 0.2) is 18.2 Å². The Hall–Kier alpha value is -1.09. The van der Waals surface area contributed by atoms with Crippen LogP contribution in [0.4, 0.5) is 10.1 Å². The van der Waals surface area contributed by atoms with Crippen LogP contribution >= 0.6 is 0 Å². The fourth-order valence-electron chi connectivity index (χ4n) is 2.01. The van der Waals surface area contributed by atoms with Crippen molar-refractivity contribution in [2.75, 3.05) is 18.5 Å². The smallest absolute Gasteiger partial charge is 0.146 e. The predicted molar refractivity (Wildman–Crippen MR) is 71.9 cm³/mol. The van der Waals surface area contributed by atoms with Crippen LogP contribution in [0.2, 0.25) is 0 Å². The summed E-state index contributed by atoms with van der Waals surface area (Å²) in [4.78, 5) is 2.00. The Kier molecular flexibility index (Phi) is 5.42. The number of rotatable bonds is 6. The molecule has 1 aromatic rings. The lowest BCUT2D eigenvalue weighted by atomic mass is 10.0. The number of halogens is 1. The summed E-state index contributed by atoms with van der Waals surface area (Å²) >= 11 is 0. The summed E-state index contributed by atoms with van der Waals surface area (Å²) in [5, 5.41) is 0. The van der Waals surface area contributed by atoms with Crippen LogP contribution in [0, 0.1) is 5.82 Å². The Labute approximate surface area is 104 Å². The lowest BCUT2D eigenvalue weighted by molar-refractivity contribution is 0.614. The van der Waals surface area contributed by atoms with Crippen molar-refractivity contribution in [3.05, 3.63) is 29.6 Å². The molecule has 1 unspecified atom stereocenters. The van der Waals surface area contributed by atoms with Gasteiger partial charge in [0.25, 0.3) is 0 Å². The Bertz CT molecular complexity index is 350. The predicted octanol–water partition coefficient (Wildman–Crippen LogP) is 2.95. The summed E-state index contributed by atoms with van der Waals surface area (Å²) < 4.78 is 13.9. The highest BCUT2D eigenvalue weighted by Gasteiger charge is 2.13. The summed E-state index contributed by atoms with van der Waals surface area (Å²) in [6.07, 6.45) is 2.90. The first-order valence-electron chi connectivity index (χ1n) is 6.30. The third-order valence-electron chi connectivity index (χ3n) is 2.84. The molecule has 17 heavy (non-hydrogen) atoms. The summed E-state index contributed by atoms with van der Waals surface area (Å²) in [5.74, 6) is -0.151. The van der Waals surface area contributed by atoms with Crippen molar-refractivity contribution >= 4 is 5.69 Å². The van der Waals surface area contributed by atoms with Gasteiger partial charge in [0.15, 0.2) is 0 Å². The van der Waals surface area contributed by atoms with Gasteiger partial charge in [0.05, 0.1) is 5.69 Å². The molecule has 1 aromatic carbocycles. The van der Waals surface area contributed by atoms with E-state index in [2.05, 4.69) is 6.92 Å². The van der Waals surface area contributed by atoms with E-state index in [9.17, 15) is 4.39 Å². The van der Waals surface area contributed by atoms with E-state index in [1.807, 2.05) is 24.9 Å². The fraction of sp³-hybridized carbons (Fsp3) is 0.571. The second-order valence-corrected chi connectivity index (χ2v) is 4.70. The third-order valence-corrected chi connectivity index (χ3v) is 2.84. The van der Waals surface area contributed by atoms with Crippen molar-refractivity contribution in [3.63, 3.8) is 0 Å². The minimum Gasteiger partial charge on any atom is -0.372 e. The molecule has 96 valence electrons. The molecule has 0 aromatic heterocycles. The van der Waals surface area contributed by atoms with Crippen LogP contribution in [0.25, 0.3) is 0 Å². The first kappa shape index (κ1) is 14.0. The average Bonchev–Trinajstić information content (AvgIpc) is 2.25. The molecule has 0 aliphatic heterocycles. The van der Waals surface area contributed by atoms with Crippen LogP contribution in [-0.4, -0.2) is 19.6 Å². The SMILES string of the molecule is CCCCN(C)c1c(F)cccc1CC(C)N. The second kappa shape index (κ2) is 6.60. The van der Waals surface area contributed by atoms with Gasteiger partial charge in [-0.1, -0.05) is 25.5 Å². The first-order valence-corrected chi connectivity index (χ1v) is 6.30. The molecule has 2 N–H and O–H groups in total. The molecule has 0 radical (unpaired) electrons. The molecular weight excluding hydrogens is 215 g/mol. The number of hydrogen-bond acceptors (Lipinski definition) is 2. The Morgan fingerprint density at radius 3 is 2.71 bits per heavy atom. The van der Waals surface area contributed by atoms with Gasteiger partial charge in [0, 0.05) is 19.6 Å². The number of nitrogens with zero attached hydrogens (tertiary/aromatic N) is 1. The number of para-hydroxylation sites is 1. The van der Waals surface area contributed by atoms with Gasteiger partial charge in [-0.05, 0) is 31.4 Å². The highest BCUT2D eigenvalue weighted by molar-refractivity contribution is 5.54. The van der Waals surface area contributed by atoms with Crippen LogP contribution in [0.5, 0.6) is 0 Å². The Balaban J connectivity index is 2.93. The molecule has 1 atom stereocenters. The molecule has 0 spiro atoms. The van der Waals surface area contributed by atoms with Gasteiger partial charge >= 0.3 is 0 Å². The standard InChI is InChI=1S/C14H23FN2/c1-4-5-9-17(3)14-12(10-11(2)16)7-6-8-13(14)15/h6-8,11H,4-5,9-10,16H2,1-3H3. The van der Waals surface area contributed by atoms with E-state index < -0.39 is 0 Å². The molecule has 0 aliphatic carbocycles. The maximum atomic E-state index is 13.9. The summed E-state index contributed by atoms with van der Waals surface area (Å²) in [6.45, 7) is 4.96. The van der Waals surface area contributed by atoms with Crippen LogP contribution in [0.1, 0.15) is 32.3 Å². The zero-order valence-electron chi connectivity index (χ0n) is 11.0. The summed E-state index contributed by atoms with van der Waals surface area (Å²) in [7, 11) is 1.94. The fourth-order valence-corrected chi connectivity index (χ4v) is 2.01. The van der Waals surface area contributed by atoms with Crippen molar-refractivity contribution in [1.29, 1.82) is 0 Å². The van der Waals surface area contributed by atoms with E-state index in [1.54, 1.807) is 6.07 Å². The summed E-state index contributed by atoms with van der Waals surface area (Å²) in [6, 6.07) is 5.28. The van der Waals surface area contributed by atoms with Crippen LogP contribution in [0.3, 0.4) is 0 Å². The minimum atomic E-state index is -0.151. The average molecular weight is 238 g/mol. The maximum absolute atomic E-state index is 13.9. The summed E-state index contributed by atoms with van der Waals surface area (Å²) in [5.41, 5.74) is 7.51. The quantitative estimate of drug-likeness (QED) is 0.825. The van der Waals surface area contributed by atoms with E-state index in [4.69, 9.17) is 5.73 Å². The lowest BCUT2D eigenvalue weighted by Gasteiger charge is -2.23. The topological polar surface area (TPSA) is 29.3 Å². The zero-order valence-corrected chi connectivity index (χ0v) is 11.0. The largest absolute Gasteiger partial charge is 0.372 e. The van der Waals surface area contributed by atoms with Crippen molar-refractivity contribution < 1.29 is 4.39 Å². The van der Waals surface area contributed by atoms with E-state index >= 15 is 0 Å².